The number of aromatic amines is 1. The largest absolute Gasteiger partial charge is 0.339 e. The maximum absolute atomic E-state index is 11.6. The van der Waals surface area contributed by atoms with Gasteiger partial charge in [0.1, 0.15) is 23.7 Å². The summed E-state index contributed by atoms with van der Waals surface area (Å²) in [5.74, 6) is 0. The Bertz CT molecular complexity index is 1880. The van der Waals surface area contributed by atoms with E-state index in [0.29, 0.717) is 26.2 Å². The normalized spacial score (nSPS) is 11.3. The summed E-state index contributed by atoms with van der Waals surface area (Å²) in [4.78, 5) is 18.0. The van der Waals surface area contributed by atoms with E-state index in [9.17, 15) is 9.36 Å². The zero-order valence-electron chi connectivity index (χ0n) is 19.7. The lowest BCUT2D eigenvalue weighted by atomic mass is 10.2. The van der Waals surface area contributed by atoms with Crippen LogP contribution in [0.5, 0.6) is 0 Å². The van der Waals surface area contributed by atoms with Gasteiger partial charge in [-0.1, -0.05) is 34.8 Å². The second-order valence-corrected chi connectivity index (χ2v) is 15.4. The third-order valence-corrected chi connectivity index (χ3v) is 6.06. The molecule has 0 aliphatic heterocycles. The van der Waals surface area contributed by atoms with E-state index < -0.39 is 5.20 Å². The number of H-pyrrole nitrogens is 1. The zero-order valence-corrected chi connectivity index (χ0v) is 25.1. The van der Waals surface area contributed by atoms with Crippen LogP contribution in [0.3, 0.4) is 0 Å². The van der Waals surface area contributed by atoms with Crippen LogP contribution in [0.4, 0.5) is 0 Å². The van der Waals surface area contributed by atoms with Gasteiger partial charge >= 0.3 is 5.20 Å². The average molecular weight is 671 g/mol. The van der Waals surface area contributed by atoms with Crippen molar-refractivity contribution < 1.29 is 4.57 Å². The van der Waals surface area contributed by atoms with Crippen molar-refractivity contribution in [2.75, 3.05) is 0 Å². The highest BCUT2D eigenvalue weighted by atomic mass is 36.0. The maximum atomic E-state index is 11.6. The number of nitrogens with zero attached hydrogens (tertiary/aromatic N) is 9. The van der Waals surface area contributed by atoms with Gasteiger partial charge in [0, 0.05) is 61.1 Å². The van der Waals surface area contributed by atoms with Crippen molar-refractivity contribution >= 4 is 84.8 Å². The topological polar surface area (TPSA) is 133 Å². The maximum Gasteiger partial charge on any atom is 0.339 e. The fourth-order valence-electron chi connectivity index (χ4n) is 3.45. The standard InChI is InChI=1S/C10H7Cl2N5.C10H8ClN5O.Cl3OP/c1-16-3-6(2-14-16)7-4-17-9(8(7)11)10(12)13-5-15-17;1-15-3-6(2-13-15)7-4-16-9(8(7)11)10(17)12-5-14-16;1-5(2,3)4/h2-5H,1H3;2-5H,1H3,(H,12,14,17);. The molecule has 0 bridgehead atoms. The lowest BCUT2D eigenvalue weighted by Gasteiger charge is -1.94. The van der Waals surface area contributed by atoms with Crippen LogP contribution in [-0.2, 0) is 18.7 Å². The van der Waals surface area contributed by atoms with Gasteiger partial charge in [-0.15, -0.1) is 0 Å². The van der Waals surface area contributed by atoms with Crippen LogP contribution < -0.4 is 5.56 Å². The van der Waals surface area contributed by atoms with E-state index in [-0.39, 0.29) is 5.56 Å². The van der Waals surface area contributed by atoms with E-state index in [1.54, 1.807) is 32.5 Å². The molecule has 0 radical (unpaired) electrons. The number of aromatic nitrogens is 10. The van der Waals surface area contributed by atoms with Crippen molar-refractivity contribution in [3.63, 3.8) is 0 Å². The van der Waals surface area contributed by atoms with Gasteiger partial charge in [0.25, 0.3) is 5.56 Å². The summed E-state index contributed by atoms with van der Waals surface area (Å²) in [6.45, 7) is 0. The molecule has 0 amide bonds. The van der Waals surface area contributed by atoms with Crippen molar-refractivity contribution in [3.8, 4) is 22.3 Å². The number of nitrogens with one attached hydrogen (secondary N) is 1. The molecule has 0 unspecified atom stereocenters. The molecule has 19 heteroatoms. The van der Waals surface area contributed by atoms with Crippen molar-refractivity contribution in [1.82, 2.24) is 48.8 Å². The van der Waals surface area contributed by atoms with Crippen LogP contribution in [-0.4, -0.2) is 48.8 Å². The molecule has 0 fully saturated rings. The Kier molecular flexibility index (Phi) is 8.97. The lowest BCUT2D eigenvalue weighted by Crippen LogP contribution is -2.09. The number of aryl methyl sites for hydroxylation is 2. The molecule has 0 saturated heterocycles. The smallest absolute Gasteiger partial charge is 0.310 e. The summed E-state index contributed by atoms with van der Waals surface area (Å²) in [7, 11) is 3.66. The number of halogens is 6. The first-order valence-electron chi connectivity index (χ1n) is 10.4. The molecule has 39 heavy (non-hydrogen) atoms. The van der Waals surface area contributed by atoms with Gasteiger partial charge in [-0.25, -0.2) is 14.0 Å². The van der Waals surface area contributed by atoms with Crippen LogP contribution in [0.1, 0.15) is 0 Å². The van der Waals surface area contributed by atoms with E-state index in [2.05, 4.69) is 64.1 Å². The first kappa shape index (κ1) is 29.4. The van der Waals surface area contributed by atoms with Gasteiger partial charge in [-0.3, -0.25) is 18.7 Å². The molecule has 0 saturated carbocycles. The van der Waals surface area contributed by atoms with E-state index in [4.69, 9.17) is 34.8 Å². The van der Waals surface area contributed by atoms with E-state index >= 15 is 0 Å². The van der Waals surface area contributed by atoms with Gasteiger partial charge in [-0.05, 0) is 33.7 Å². The second-order valence-electron chi connectivity index (χ2n) is 7.67. The molecule has 6 rings (SSSR count). The molecule has 12 nitrogen and oxygen atoms in total. The molecular formula is C20H15Cl6N10O2P. The van der Waals surface area contributed by atoms with Crippen LogP contribution in [0, 0.1) is 0 Å². The van der Waals surface area contributed by atoms with Crippen LogP contribution in [0.25, 0.3) is 33.3 Å². The summed E-state index contributed by atoms with van der Waals surface area (Å²) < 4.78 is 16.0. The number of fused-ring (bicyclic) bond motifs is 2. The third kappa shape index (κ3) is 6.96. The molecule has 204 valence electrons. The number of rotatable bonds is 2. The van der Waals surface area contributed by atoms with Gasteiger partial charge in [0.05, 0.1) is 22.4 Å². The minimum Gasteiger partial charge on any atom is -0.310 e. The SMILES string of the molecule is Cn1cc(-c2cn3nc[nH]c(=O)c3c2Cl)cn1.Cn1cc(-c2cn3ncnc(Cl)c3c2Cl)cn1.O=P(Cl)(Cl)Cl. The molecule has 6 heterocycles. The minimum atomic E-state index is -3.22. The van der Waals surface area contributed by atoms with Crippen LogP contribution in [0.2, 0.25) is 15.2 Å². The Morgan fingerprint density at radius 2 is 1.26 bits per heavy atom. The predicted molar refractivity (Wildman–Crippen MR) is 153 cm³/mol. The molecular weight excluding hydrogens is 656 g/mol. The first-order valence-corrected chi connectivity index (χ1v) is 16.0. The Balaban J connectivity index is 0.000000155. The quantitative estimate of drug-likeness (QED) is 0.213. The Morgan fingerprint density at radius 1 is 0.769 bits per heavy atom. The molecule has 0 aromatic carbocycles. The number of hydrogen-bond acceptors (Lipinski definition) is 7. The fourth-order valence-corrected chi connectivity index (χ4v) is 4.39. The molecule has 1 N–H and O–H groups in total. The van der Waals surface area contributed by atoms with Gasteiger partial charge < -0.3 is 4.98 Å². The van der Waals surface area contributed by atoms with Crippen molar-refractivity contribution in [2.24, 2.45) is 14.1 Å². The minimum absolute atomic E-state index is 0.264. The van der Waals surface area contributed by atoms with Crippen molar-refractivity contribution in [2.45, 2.75) is 0 Å². The fraction of sp³-hybridized carbons (Fsp3) is 0.100. The monoisotopic (exact) mass is 668 g/mol. The lowest BCUT2D eigenvalue weighted by molar-refractivity contribution is 0.600. The third-order valence-electron chi connectivity index (χ3n) is 5.02. The summed E-state index contributed by atoms with van der Waals surface area (Å²) in [5.41, 5.74) is 4.02. The number of hydrogen-bond donors (Lipinski definition) is 1. The Hall–Kier alpha value is -2.57. The van der Waals surface area contributed by atoms with Crippen molar-refractivity contribution in [1.29, 1.82) is 0 Å². The molecule has 0 atom stereocenters. The predicted octanol–water partition coefficient (Wildman–Crippen LogP) is 6.32. The van der Waals surface area contributed by atoms with Gasteiger partial charge in [-0.2, -0.15) is 20.4 Å². The summed E-state index contributed by atoms with van der Waals surface area (Å²) in [6, 6.07) is 0. The van der Waals surface area contributed by atoms with Gasteiger partial charge in [0.2, 0.25) is 0 Å². The van der Waals surface area contributed by atoms with Crippen LogP contribution >= 0.6 is 73.7 Å². The summed E-state index contributed by atoms with van der Waals surface area (Å²) in [5, 5.41) is 14.3. The highest BCUT2D eigenvalue weighted by Crippen LogP contribution is 2.61. The molecule has 6 aromatic rings. The molecule has 0 spiro atoms. The van der Waals surface area contributed by atoms with Gasteiger partial charge in [0.15, 0.2) is 5.15 Å². The van der Waals surface area contributed by atoms with Crippen molar-refractivity contribution in [3.05, 3.63) is 75.4 Å². The first-order chi connectivity index (χ1) is 18.3. The molecule has 0 aliphatic rings. The summed E-state index contributed by atoms with van der Waals surface area (Å²) >= 11 is 32.3. The highest BCUT2D eigenvalue weighted by Gasteiger charge is 2.16. The average Bonchev–Trinajstić information content (AvgIpc) is 3.61. The Labute approximate surface area is 248 Å². The zero-order chi connectivity index (χ0) is 28.5. The van der Waals surface area contributed by atoms with Crippen LogP contribution in [0.15, 0.2) is 54.6 Å². The molecule has 6 aromatic heterocycles. The van der Waals surface area contributed by atoms with E-state index in [1.165, 1.54) is 17.2 Å². The van der Waals surface area contributed by atoms with E-state index in [1.807, 2.05) is 32.7 Å². The highest BCUT2D eigenvalue weighted by molar-refractivity contribution is 8.24. The van der Waals surface area contributed by atoms with E-state index in [0.717, 1.165) is 22.3 Å². The second kappa shape index (κ2) is 11.9. The molecule has 0 aliphatic carbocycles. The summed E-state index contributed by atoms with van der Waals surface area (Å²) in [6.07, 6.45) is 13.4. The Morgan fingerprint density at radius 3 is 1.69 bits per heavy atom.